The molecule has 0 radical (unpaired) electrons. The van der Waals surface area contributed by atoms with Crippen molar-refractivity contribution >= 4 is 17.5 Å². The van der Waals surface area contributed by atoms with Gasteiger partial charge in [-0.15, -0.1) is 11.8 Å². The van der Waals surface area contributed by atoms with Crippen LogP contribution in [-0.4, -0.2) is 27.7 Å². The van der Waals surface area contributed by atoms with Gasteiger partial charge in [0.05, 0.1) is 5.75 Å². The summed E-state index contributed by atoms with van der Waals surface area (Å²) in [6.45, 7) is 0. The van der Waals surface area contributed by atoms with E-state index in [1.54, 1.807) is 24.5 Å². The molecule has 1 N–H and O–H groups in total. The predicted molar refractivity (Wildman–Crippen MR) is 118 cm³/mol. The van der Waals surface area contributed by atoms with Gasteiger partial charge in [-0.05, 0) is 36.1 Å². The summed E-state index contributed by atoms with van der Waals surface area (Å²) in [7, 11) is 0. The first-order valence-corrected chi connectivity index (χ1v) is 11.6. The Morgan fingerprint density at radius 3 is 2.66 bits per heavy atom. The number of hydrogen-bond donors (Lipinski definition) is 1. The van der Waals surface area contributed by atoms with E-state index in [-0.39, 0.29) is 17.6 Å². The Morgan fingerprint density at radius 2 is 1.94 bits per heavy atom. The number of hydrogen-bond acceptors (Lipinski definition) is 4. The molecule has 1 aromatic heterocycles. The van der Waals surface area contributed by atoms with Crippen LogP contribution in [0.2, 0.25) is 0 Å². The van der Waals surface area contributed by atoms with Crippen LogP contribution in [0, 0.1) is 0 Å². The molecule has 0 spiro atoms. The molecule has 8 heteroatoms. The first-order chi connectivity index (χ1) is 15.4. The number of rotatable bonds is 8. The zero-order valence-corrected chi connectivity index (χ0v) is 18.1. The number of nitrogens with one attached hydrogen (secondary N) is 1. The Balaban J connectivity index is 1.67. The minimum atomic E-state index is -4.25. The van der Waals surface area contributed by atoms with Crippen LogP contribution >= 0.6 is 11.8 Å². The lowest BCUT2D eigenvalue weighted by Crippen LogP contribution is -2.17. The molecule has 0 saturated carbocycles. The maximum Gasteiger partial charge on any atom is 0.397 e. The quantitative estimate of drug-likeness (QED) is 0.442. The summed E-state index contributed by atoms with van der Waals surface area (Å²) < 4.78 is 44.8. The highest BCUT2D eigenvalue weighted by Gasteiger charge is 2.29. The molecular weight excluding hydrogens is 437 g/mol. The van der Waals surface area contributed by atoms with Gasteiger partial charge in [0.1, 0.15) is 17.7 Å². The summed E-state index contributed by atoms with van der Waals surface area (Å²) in [5, 5.41) is 0. The third kappa shape index (κ3) is 5.54. The first kappa shape index (κ1) is 22.5. The Hall–Kier alpha value is -2.74. The first-order valence-electron chi connectivity index (χ1n) is 10.4. The molecule has 1 atom stereocenters. The van der Waals surface area contributed by atoms with Gasteiger partial charge in [0.15, 0.2) is 5.78 Å². The summed E-state index contributed by atoms with van der Waals surface area (Å²) >= 11 is 0.795. The van der Waals surface area contributed by atoms with E-state index in [9.17, 15) is 18.0 Å². The lowest BCUT2D eigenvalue weighted by molar-refractivity contribution is -0.105. The lowest BCUT2D eigenvalue weighted by Gasteiger charge is -2.25. The van der Waals surface area contributed by atoms with E-state index >= 15 is 0 Å². The predicted octanol–water partition coefficient (Wildman–Crippen LogP) is 6.09. The number of halogens is 3. The number of aromatic nitrogens is 2. The number of imidazole rings is 1. The van der Waals surface area contributed by atoms with Crippen LogP contribution in [0.3, 0.4) is 0 Å². The Morgan fingerprint density at radius 1 is 1.12 bits per heavy atom. The largest absolute Gasteiger partial charge is 0.485 e. The van der Waals surface area contributed by atoms with Gasteiger partial charge in [0.2, 0.25) is 0 Å². The van der Waals surface area contributed by atoms with Crippen molar-refractivity contribution in [3.05, 3.63) is 82.9 Å². The highest BCUT2D eigenvalue weighted by atomic mass is 32.2. The van der Waals surface area contributed by atoms with Gasteiger partial charge in [-0.2, -0.15) is 13.2 Å². The van der Waals surface area contributed by atoms with E-state index < -0.39 is 11.9 Å². The molecule has 0 saturated heterocycles. The molecule has 4 rings (SSSR count). The van der Waals surface area contributed by atoms with Gasteiger partial charge in [-0.25, -0.2) is 4.98 Å². The third-order valence-corrected chi connectivity index (χ3v) is 6.43. The Kier molecular flexibility index (Phi) is 6.89. The monoisotopic (exact) mass is 460 g/mol. The molecule has 0 fully saturated rings. The normalized spacial score (nSPS) is 14.8. The molecule has 0 unspecified atom stereocenters. The van der Waals surface area contributed by atoms with E-state index in [1.807, 2.05) is 30.3 Å². The molecular formula is C24H23F3N2O2S. The smallest absolute Gasteiger partial charge is 0.397 e. The number of aromatic amines is 1. The fourth-order valence-corrected chi connectivity index (χ4v) is 4.80. The van der Waals surface area contributed by atoms with Crippen molar-refractivity contribution < 1.29 is 22.7 Å². The van der Waals surface area contributed by atoms with Crippen molar-refractivity contribution in [2.24, 2.45) is 0 Å². The molecule has 0 amide bonds. The number of alkyl halides is 3. The summed E-state index contributed by atoms with van der Waals surface area (Å²) in [4.78, 5) is 19.8. The molecule has 1 aliphatic carbocycles. The molecule has 0 aliphatic heterocycles. The number of ketones is 1. The van der Waals surface area contributed by atoms with Crippen LogP contribution < -0.4 is 4.74 Å². The molecule has 168 valence electrons. The minimum absolute atomic E-state index is 0.0371. The number of carbonyl (C=O) groups is 1. The van der Waals surface area contributed by atoms with Gasteiger partial charge in [0.25, 0.3) is 0 Å². The summed E-state index contributed by atoms with van der Waals surface area (Å²) in [5.41, 5.74) is 3.04. The van der Waals surface area contributed by atoms with Gasteiger partial charge < -0.3 is 9.72 Å². The number of Topliss-reactive ketones (excluding diaryl/α,β-unsaturated/α-hetero) is 1. The molecule has 1 aliphatic rings. The maximum atomic E-state index is 12.8. The van der Waals surface area contributed by atoms with Crippen molar-refractivity contribution in [2.75, 3.05) is 5.75 Å². The van der Waals surface area contributed by atoms with Crippen molar-refractivity contribution in [2.45, 2.75) is 43.7 Å². The average molecular weight is 461 g/mol. The molecule has 32 heavy (non-hydrogen) atoms. The second kappa shape index (κ2) is 9.81. The van der Waals surface area contributed by atoms with Crippen molar-refractivity contribution in [1.82, 2.24) is 9.97 Å². The summed E-state index contributed by atoms with van der Waals surface area (Å²) in [5.74, 6) is 0.496. The molecule has 1 heterocycles. The van der Waals surface area contributed by atoms with Crippen LogP contribution in [0.25, 0.3) is 0 Å². The van der Waals surface area contributed by atoms with E-state index in [4.69, 9.17) is 4.74 Å². The standard InChI is InChI=1S/C24H23F3N2O2S/c25-24(26,27)15-32-14-19-17-7-4-8-20(30)18(17)9-10-21(19)31-22(13-23-28-11-12-29-23)16-5-2-1-3-6-16/h1-3,5-6,9-12,22H,4,7-8,13-15H2,(H,28,29)/t22-/m0/s1. The fourth-order valence-electron chi connectivity index (χ4n) is 3.95. The second-order valence-corrected chi connectivity index (χ2v) is 8.70. The number of fused-ring (bicyclic) bond motifs is 1. The van der Waals surface area contributed by atoms with Crippen LogP contribution in [-0.2, 0) is 18.6 Å². The number of nitrogens with zero attached hydrogens (tertiary/aromatic N) is 1. The second-order valence-electron chi connectivity index (χ2n) is 7.71. The number of carbonyl (C=O) groups excluding carboxylic acids is 1. The summed E-state index contributed by atoms with van der Waals surface area (Å²) in [6, 6.07) is 13.1. The van der Waals surface area contributed by atoms with E-state index in [2.05, 4.69) is 9.97 Å². The molecule has 2 aromatic carbocycles. The fraction of sp³-hybridized carbons (Fsp3) is 0.333. The Labute approximate surface area is 188 Å². The molecule has 3 aromatic rings. The topological polar surface area (TPSA) is 55.0 Å². The van der Waals surface area contributed by atoms with E-state index in [1.165, 1.54) is 0 Å². The van der Waals surface area contributed by atoms with Gasteiger partial charge in [0, 0.05) is 42.1 Å². The average Bonchev–Trinajstić information content (AvgIpc) is 3.28. The highest BCUT2D eigenvalue weighted by molar-refractivity contribution is 7.98. The molecule has 4 nitrogen and oxygen atoms in total. The van der Waals surface area contributed by atoms with Crippen LogP contribution in [0.5, 0.6) is 5.75 Å². The van der Waals surface area contributed by atoms with Crippen LogP contribution in [0.15, 0.2) is 54.9 Å². The SMILES string of the molecule is O=C1CCCc2c1ccc(O[C@@H](Cc1ncc[nH]1)c1ccccc1)c2CSCC(F)(F)F. The number of thioether (sulfide) groups is 1. The van der Waals surface area contributed by atoms with Gasteiger partial charge in [-0.1, -0.05) is 30.3 Å². The third-order valence-electron chi connectivity index (χ3n) is 5.41. The lowest BCUT2D eigenvalue weighted by atomic mass is 9.87. The minimum Gasteiger partial charge on any atom is -0.485 e. The zero-order valence-electron chi connectivity index (χ0n) is 17.3. The van der Waals surface area contributed by atoms with Crippen molar-refractivity contribution in [3.63, 3.8) is 0 Å². The summed E-state index contributed by atoms with van der Waals surface area (Å²) in [6.07, 6.45) is 1.07. The van der Waals surface area contributed by atoms with Gasteiger partial charge in [-0.3, -0.25) is 4.79 Å². The van der Waals surface area contributed by atoms with Crippen molar-refractivity contribution in [1.29, 1.82) is 0 Å². The maximum absolute atomic E-state index is 12.8. The van der Waals surface area contributed by atoms with Crippen molar-refractivity contribution in [3.8, 4) is 5.75 Å². The van der Waals surface area contributed by atoms with Crippen LogP contribution in [0.1, 0.15) is 51.8 Å². The van der Waals surface area contributed by atoms with Crippen LogP contribution in [0.4, 0.5) is 13.2 Å². The van der Waals surface area contributed by atoms with E-state index in [0.717, 1.165) is 28.7 Å². The zero-order chi connectivity index (χ0) is 22.6. The highest BCUT2D eigenvalue weighted by Crippen LogP contribution is 2.37. The van der Waals surface area contributed by atoms with E-state index in [0.29, 0.717) is 42.6 Å². The number of ether oxygens (including phenoxy) is 1. The number of H-pyrrole nitrogens is 1. The Bertz CT molecular complexity index is 1050. The van der Waals surface area contributed by atoms with Gasteiger partial charge >= 0.3 is 6.18 Å². The number of benzene rings is 2. The molecule has 0 bridgehead atoms.